The number of aliphatic hydroxyl groups is 1. The van der Waals surface area contributed by atoms with Crippen LogP contribution in [0.4, 0.5) is 0 Å². The molecule has 0 fully saturated rings. The number of rotatable bonds is 13. The molecule has 0 aromatic carbocycles. The fourth-order valence-electron chi connectivity index (χ4n) is 2.38. The summed E-state index contributed by atoms with van der Waals surface area (Å²) in [5.41, 5.74) is 1.69. The quantitative estimate of drug-likeness (QED) is 0.467. The maximum atomic E-state index is 10.7. The number of nitrogens with one attached hydrogen (secondary N) is 1. The standard InChI is InChI=1S/C18H25N3O5/c22-13-17(18(23)24)26-11-5-3-1-2-4-10-25-14-6-7-15(19-12-14)16-8-9-20-21-16/h6-9,12,17,22H,1-5,10-11,13H2,(H,20,21)(H,23,24). The summed E-state index contributed by atoms with van der Waals surface area (Å²) >= 11 is 0. The molecule has 142 valence electrons. The van der Waals surface area contributed by atoms with E-state index in [0.717, 1.165) is 49.2 Å². The molecule has 0 aliphatic carbocycles. The van der Waals surface area contributed by atoms with Gasteiger partial charge in [0.1, 0.15) is 5.75 Å². The zero-order valence-corrected chi connectivity index (χ0v) is 14.6. The first-order chi connectivity index (χ1) is 12.7. The Bertz CT molecular complexity index is 631. The maximum Gasteiger partial charge on any atom is 0.335 e. The highest BCUT2D eigenvalue weighted by atomic mass is 16.5. The predicted molar refractivity (Wildman–Crippen MR) is 94.9 cm³/mol. The van der Waals surface area contributed by atoms with Crippen LogP contribution in [-0.4, -0.2) is 57.3 Å². The van der Waals surface area contributed by atoms with E-state index in [2.05, 4.69) is 15.2 Å². The molecule has 2 rings (SSSR count). The summed E-state index contributed by atoms with van der Waals surface area (Å²) in [6, 6.07) is 5.64. The highest BCUT2D eigenvalue weighted by Crippen LogP contribution is 2.17. The largest absolute Gasteiger partial charge is 0.492 e. The van der Waals surface area contributed by atoms with E-state index in [0.29, 0.717) is 13.2 Å². The van der Waals surface area contributed by atoms with Crippen LogP contribution >= 0.6 is 0 Å². The number of hydrogen-bond acceptors (Lipinski definition) is 6. The van der Waals surface area contributed by atoms with E-state index in [1.165, 1.54) is 0 Å². The number of ether oxygens (including phenoxy) is 2. The van der Waals surface area contributed by atoms with Gasteiger partial charge < -0.3 is 19.7 Å². The maximum absolute atomic E-state index is 10.7. The number of carboxylic acids is 1. The Kier molecular flexibility index (Phi) is 8.57. The summed E-state index contributed by atoms with van der Waals surface area (Å²) in [6.45, 7) is 0.486. The van der Waals surface area contributed by atoms with E-state index >= 15 is 0 Å². The average molecular weight is 363 g/mol. The fourth-order valence-corrected chi connectivity index (χ4v) is 2.38. The van der Waals surface area contributed by atoms with Gasteiger partial charge >= 0.3 is 5.97 Å². The third-order valence-corrected chi connectivity index (χ3v) is 3.83. The van der Waals surface area contributed by atoms with Gasteiger partial charge in [0, 0.05) is 12.8 Å². The summed E-state index contributed by atoms with van der Waals surface area (Å²) in [5, 5.41) is 24.3. The minimum Gasteiger partial charge on any atom is -0.492 e. The molecule has 1 unspecified atom stereocenters. The zero-order chi connectivity index (χ0) is 18.6. The Hall–Kier alpha value is -2.45. The molecule has 2 heterocycles. The SMILES string of the molecule is O=C(O)C(CO)OCCCCCCCOc1ccc(-c2ccn[nH]2)nc1. The lowest BCUT2D eigenvalue weighted by Crippen LogP contribution is -2.28. The molecule has 1 atom stereocenters. The van der Waals surface area contributed by atoms with Gasteiger partial charge in [0.15, 0.2) is 6.10 Å². The van der Waals surface area contributed by atoms with Crippen molar-refractivity contribution in [1.82, 2.24) is 15.2 Å². The normalized spacial score (nSPS) is 12.0. The van der Waals surface area contributed by atoms with Gasteiger partial charge in [0.25, 0.3) is 0 Å². The molecule has 2 aromatic heterocycles. The summed E-state index contributed by atoms with van der Waals surface area (Å²) < 4.78 is 10.8. The van der Waals surface area contributed by atoms with Crippen molar-refractivity contribution in [3.63, 3.8) is 0 Å². The summed E-state index contributed by atoms with van der Waals surface area (Å²) in [4.78, 5) is 15.0. The smallest absolute Gasteiger partial charge is 0.335 e. The zero-order valence-electron chi connectivity index (χ0n) is 14.6. The first-order valence-electron chi connectivity index (χ1n) is 8.74. The number of pyridine rings is 1. The minimum absolute atomic E-state index is 0.350. The summed E-state index contributed by atoms with van der Waals surface area (Å²) in [5.74, 6) is -0.387. The number of H-pyrrole nitrogens is 1. The number of unbranched alkanes of at least 4 members (excludes halogenated alkanes) is 4. The van der Waals surface area contributed by atoms with Gasteiger partial charge in [-0.2, -0.15) is 5.10 Å². The molecule has 0 bridgehead atoms. The summed E-state index contributed by atoms with van der Waals surface area (Å²) in [6.07, 6.45) is 7.01. The molecule has 0 saturated heterocycles. The predicted octanol–water partition coefficient (Wildman–Crippen LogP) is 2.26. The van der Waals surface area contributed by atoms with Crippen molar-refractivity contribution < 1.29 is 24.5 Å². The van der Waals surface area contributed by atoms with Crippen molar-refractivity contribution >= 4 is 5.97 Å². The van der Waals surface area contributed by atoms with Crippen molar-refractivity contribution in [3.05, 3.63) is 30.6 Å². The molecule has 2 aromatic rings. The molecule has 0 amide bonds. The fraction of sp³-hybridized carbons (Fsp3) is 0.500. The van der Waals surface area contributed by atoms with Gasteiger partial charge in [-0.3, -0.25) is 10.1 Å². The van der Waals surface area contributed by atoms with E-state index in [4.69, 9.17) is 19.7 Å². The van der Waals surface area contributed by atoms with Crippen LogP contribution < -0.4 is 4.74 Å². The number of aromatic amines is 1. The van der Waals surface area contributed by atoms with Crippen molar-refractivity contribution in [2.75, 3.05) is 19.8 Å². The second-order valence-corrected chi connectivity index (χ2v) is 5.85. The van der Waals surface area contributed by atoms with Crippen LogP contribution in [0.15, 0.2) is 30.6 Å². The average Bonchev–Trinajstić information content (AvgIpc) is 3.18. The molecule has 0 radical (unpaired) electrons. The van der Waals surface area contributed by atoms with Gasteiger partial charge in [-0.25, -0.2) is 4.79 Å². The number of carboxylic acid groups (broad SMARTS) is 1. The lowest BCUT2D eigenvalue weighted by atomic mass is 10.1. The lowest BCUT2D eigenvalue weighted by molar-refractivity contribution is -0.153. The van der Waals surface area contributed by atoms with Crippen molar-refractivity contribution in [3.8, 4) is 17.1 Å². The van der Waals surface area contributed by atoms with Crippen LogP contribution in [0.5, 0.6) is 5.75 Å². The topological polar surface area (TPSA) is 118 Å². The molecule has 0 spiro atoms. The van der Waals surface area contributed by atoms with E-state index in [1.807, 2.05) is 18.2 Å². The van der Waals surface area contributed by atoms with Gasteiger partial charge in [0.05, 0.1) is 30.8 Å². The van der Waals surface area contributed by atoms with Crippen molar-refractivity contribution in [1.29, 1.82) is 0 Å². The van der Waals surface area contributed by atoms with Crippen LogP contribution in [0.3, 0.4) is 0 Å². The molecule has 0 aliphatic heterocycles. The van der Waals surface area contributed by atoms with Gasteiger partial charge in [-0.15, -0.1) is 0 Å². The highest BCUT2D eigenvalue weighted by Gasteiger charge is 2.15. The van der Waals surface area contributed by atoms with E-state index in [9.17, 15) is 4.79 Å². The third kappa shape index (κ3) is 6.81. The Balaban J connectivity index is 1.50. The lowest BCUT2D eigenvalue weighted by Gasteiger charge is -2.10. The number of hydrogen-bond donors (Lipinski definition) is 3. The first kappa shape index (κ1) is 19.9. The number of aliphatic carboxylic acids is 1. The minimum atomic E-state index is -1.13. The molecule has 0 aliphatic rings. The van der Waals surface area contributed by atoms with E-state index in [1.54, 1.807) is 12.4 Å². The van der Waals surface area contributed by atoms with Gasteiger partial charge in [-0.1, -0.05) is 19.3 Å². The second-order valence-electron chi connectivity index (χ2n) is 5.85. The van der Waals surface area contributed by atoms with E-state index in [-0.39, 0.29) is 0 Å². The van der Waals surface area contributed by atoms with Crippen LogP contribution in [0.25, 0.3) is 11.4 Å². The molecule has 26 heavy (non-hydrogen) atoms. The monoisotopic (exact) mass is 363 g/mol. The second kappa shape index (κ2) is 11.2. The van der Waals surface area contributed by atoms with Crippen molar-refractivity contribution in [2.24, 2.45) is 0 Å². The van der Waals surface area contributed by atoms with Gasteiger partial charge in [0.2, 0.25) is 0 Å². The van der Waals surface area contributed by atoms with Crippen molar-refractivity contribution in [2.45, 2.75) is 38.2 Å². The molecule has 8 heteroatoms. The van der Waals surface area contributed by atoms with Crippen LogP contribution in [-0.2, 0) is 9.53 Å². The van der Waals surface area contributed by atoms with Crippen LogP contribution in [0.1, 0.15) is 32.1 Å². The number of carbonyl (C=O) groups is 1. The Morgan fingerprint density at radius 2 is 1.88 bits per heavy atom. The Labute approximate surface area is 152 Å². The van der Waals surface area contributed by atoms with Gasteiger partial charge in [-0.05, 0) is 31.0 Å². The third-order valence-electron chi connectivity index (χ3n) is 3.83. The molecular formula is C18H25N3O5. The van der Waals surface area contributed by atoms with E-state index < -0.39 is 18.7 Å². The molecular weight excluding hydrogens is 338 g/mol. The molecule has 3 N–H and O–H groups in total. The van der Waals surface area contributed by atoms with Crippen LogP contribution in [0, 0.1) is 0 Å². The number of aliphatic hydroxyl groups excluding tert-OH is 1. The number of aromatic nitrogens is 3. The highest BCUT2D eigenvalue weighted by molar-refractivity contribution is 5.72. The Morgan fingerprint density at radius 1 is 1.12 bits per heavy atom. The summed E-state index contributed by atoms with van der Waals surface area (Å²) in [7, 11) is 0. The molecule has 0 saturated carbocycles. The molecule has 8 nitrogen and oxygen atoms in total. The number of nitrogens with zero attached hydrogens (tertiary/aromatic N) is 2. The first-order valence-corrected chi connectivity index (χ1v) is 8.74. The Morgan fingerprint density at radius 3 is 2.50 bits per heavy atom. The van der Waals surface area contributed by atoms with Crippen LogP contribution in [0.2, 0.25) is 0 Å².